The fourth-order valence-electron chi connectivity index (χ4n) is 4.17. The summed E-state index contributed by atoms with van der Waals surface area (Å²) < 4.78 is 28.9. The minimum atomic E-state index is -3.71. The average molecular weight is 479 g/mol. The Hall–Kier alpha value is -2.54. The van der Waals surface area contributed by atoms with Crippen molar-refractivity contribution in [1.82, 2.24) is 4.31 Å². The highest BCUT2D eigenvalue weighted by atomic mass is 32.2. The lowest BCUT2D eigenvalue weighted by molar-refractivity contribution is 0.515. The number of nitrogens with two attached hydrogens (primary N) is 1. The van der Waals surface area contributed by atoms with Crippen LogP contribution in [0.15, 0.2) is 76.7 Å². The standard InChI is InChI=1S/C27H30N2O2S2/c1-18-11-13-23(14-12-18)33(30,31)29-15-16-32-27(29)25(24-10-6-8-20(3)21(24)4)26(28)22-9-5-7-19(2)17-22/h5-14,17,26H,15-16,28H2,1-4H3. The second kappa shape index (κ2) is 9.37. The summed E-state index contributed by atoms with van der Waals surface area (Å²) in [6, 6.07) is 20.9. The molecular weight excluding hydrogens is 448 g/mol. The molecule has 1 fully saturated rings. The van der Waals surface area contributed by atoms with Crippen LogP contribution in [-0.4, -0.2) is 25.0 Å². The van der Waals surface area contributed by atoms with Crippen LogP contribution < -0.4 is 5.73 Å². The SMILES string of the molecule is Cc1ccc(S(=O)(=O)N2CCSC2=C(c2cccc(C)c2C)C(N)c2cccc(C)c2)cc1. The summed E-state index contributed by atoms with van der Waals surface area (Å²) in [5.41, 5.74) is 14.2. The monoisotopic (exact) mass is 478 g/mol. The molecule has 1 saturated heterocycles. The Morgan fingerprint density at radius 3 is 2.33 bits per heavy atom. The van der Waals surface area contributed by atoms with Crippen molar-refractivity contribution in [3.63, 3.8) is 0 Å². The Morgan fingerprint density at radius 2 is 1.64 bits per heavy atom. The molecule has 0 radical (unpaired) electrons. The van der Waals surface area contributed by atoms with Gasteiger partial charge in [0.05, 0.1) is 16.0 Å². The van der Waals surface area contributed by atoms with Crippen molar-refractivity contribution in [2.24, 2.45) is 5.73 Å². The lowest BCUT2D eigenvalue weighted by Crippen LogP contribution is -2.29. The van der Waals surface area contributed by atoms with E-state index in [9.17, 15) is 8.42 Å². The molecule has 0 spiro atoms. The molecule has 3 aromatic carbocycles. The van der Waals surface area contributed by atoms with Crippen LogP contribution in [0.25, 0.3) is 5.57 Å². The Labute approximate surface area is 201 Å². The molecule has 33 heavy (non-hydrogen) atoms. The molecule has 0 saturated carbocycles. The van der Waals surface area contributed by atoms with Gasteiger partial charge in [0.1, 0.15) is 0 Å². The molecule has 4 nitrogen and oxygen atoms in total. The van der Waals surface area contributed by atoms with Crippen molar-refractivity contribution >= 4 is 27.4 Å². The Morgan fingerprint density at radius 1 is 0.939 bits per heavy atom. The van der Waals surface area contributed by atoms with Crippen molar-refractivity contribution in [2.75, 3.05) is 12.3 Å². The molecule has 0 bridgehead atoms. The number of benzene rings is 3. The first-order valence-corrected chi connectivity index (χ1v) is 13.5. The normalized spacial score (nSPS) is 16.7. The van der Waals surface area contributed by atoms with Gasteiger partial charge in [-0.3, -0.25) is 4.31 Å². The second-order valence-corrected chi connectivity index (χ2v) is 11.5. The van der Waals surface area contributed by atoms with Crippen molar-refractivity contribution in [2.45, 2.75) is 38.6 Å². The van der Waals surface area contributed by atoms with Crippen LogP contribution in [0, 0.1) is 27.7 Å². The molecule has 1 aliphatic heterocycles. The van der Waals surface area contributed by atoms with Gasteiger partial charge in [-0.25, -0.2) is 8.42 Å². The summed E-state index contributed by atoms with van der Waals surface area (Å²) in [6.07, 6.45) is 0. The smallest absolute Gasteiger partial charge is 0.264 e. The van der Waals surface area contributed by atoms with Crippen LogP contribution in [-0.2, 0) is 10.0 Å². The average Bonchev–Trinajstić information content (AvgIpc) is 3.27. The number of nitrogens with zero attached hydrogens (tertiary/aromatic N) is 1. The van der Waals surface area contributed by atoms with Crippen LogP contribution in [0.1, 0.15) is 39.4 Å². The minimum Gasteiger partial charge on any atom is -0.320 e. The van der Waals surface area contributed by atoms with Crippen molar-refractivity contribution < 1.29 is 8.42 Å². The highest BCUT2D eigenvalue weighted by Crippen LogP contribution is 2.44. The molecule has 0 aliphatic carbocycles. The van der Waals surface area contributed by atoms with Gasteiger partial charge >= 0.3 is 0 Å². The van der Waals surface area contributed by atoms with Crippen LogP contribution >= 0.6 is 11.8 Å². The zero-order chi connectivity index (χ0) is 23.8. The van der Waals surface area contributed by atoms with Crippen molar-refractivity contribution in [3.8, 4) is 0 Å². The van der Waals surface area contributed by atoms with Crippen LogP contribution in [0.5, 0.6) is 0 Å². The maximum absolute atomic E-state index is 13.7. The van der Waals surface area contributed by atoms with E-state index in [0.29, 0.717) is 17.2 Å². The largest absolute Gasteiger partial charge is 0.320 e. The van der Waals surface area contributed by atoms with Crippen LogP contribution in [0.4, 0.5) is 0 Å². The summed E-state index contributed by atoms with van der Waals surface area (Å²) in [5, 5.41) is 0.721. The first-order valence-electron chi connectivity index (χ1n) is 11.1. The molecule has 172 valence electrons. The van der Waals surface area contributed by atoms with Gasteiger partial charge in [0.25, 0.3) is 10.0 Å². The lowest BCUT2D eigenvalue weighted by atomic mass is 9.89. The maximum Gasteiger partial charge on any atom is 0.264 e. The van der Waals surface area contributed by atoms with Gasteiger partial charge < -0.3 is 5.73 Å². The van der Waals surface area contributed by atoms with E-state index in [1.165, 1.54) is 0 Å². The summed E-state index contributed by atoms with van der Waals surface area (Å²) >= 11 is 1.57. The molecule has 1 heterocycles. The van der Waals surface area contributed by atoms with E-state index in [0.717, 1.165) is 44.0 Å². The Bertz CT molecular complexity index is 1310. The lowest BCUT2D eigenvalue weighted by Gasteiger charge is -2.27. The first kappa shape index (κ1) is 23.6. The van der Waals surface area contributed by atoms with E-state index >= 15 is 0 Å². The van der Waals surface area contributed by atoms with Gasteiger partial charge in [-0.2, -0.15) is 0 Å². The van der Waals surface area contributed by atoms with Crippen molar-refractivity contribution in [3.05, 3.63) is 105 Å². The van der Waals surface area contributed by atoms with E-state index in [-0.39, 0.29) is 0 Å². The van der Waals surface area contributed by atoms with E-state index in [4.69, 9.17) is 5.73 Å². The number of aryl methyl sites for hydroxylation is 3. The van der Waals surface area contributed by atoms with Crippen LogP contribution in [0.2, 0.25) is 0 Å². The summed E-state index contributed by atoms with van der Waals surface area (Å²) in [6.45, 7) is 8.56. The molecular formula is C27H30N2O2S2. The highest BCUT2D eigenvalue weighted by Gasteiger charge is 2.35. The van der Waals surface area contributed by atoms with E-state index in [1.807, 2.05) is 50.2 Å². The predicted molar refractivity (Wildman–Crippen MR) is 138 cm³/mol. The summed E-state index contributed by atoms with van der Waals surface area (Å²) in [4.78, 5) is 0.303. The molecule has 6 heteroatoms. The molecule has 1 atom stereocenters. The van der Waals surface area contributed by atoms with E-state index in [1.54, 1.807) is 28.2 Å². The van der Waals surface area contributed by atoms with Gasteiger partial charge in [-0.15, -0.1) is 11.8 Å². The Balaban J connectivity index is 1.94. The minimum absolute atomic E-state index is 0.303. The van der Waals surface area contributed by atoms with Gasteiger partial charge in [-0.05, 0) is 62.1 Å². The third kappa shape index (κ3) is 4.60. The molecule has 0 amide bonds. The summed E-state index contributed by atoms with van der Waals surface area (Å²) in [7, 11) is -3.71. The number of rotatable bonds is 5. The zero-order valence-electron chi connectivity index (χ0n) is 19.5. The zero-order valence-corrected chi connectivity index (χ0v) is 21.1. The topological polar surface area (TPSA) is 63.4 Å². The first-order chi connectivity index (χ1) is 15.7. The molecule has 1 unspecified atom stereocenters. The molecule has 1 aliphatic rings. The quantitative estimate of drug-likeness (QED) is 0.509. The van der Waals surface area contributed by atoms with Gasteiger partial charge in [-0.1, -0.05) is 65.7 Å². The molecule has 0 aromatic heterocycles. The highest BCUT2D eigenvalue weighted by molar-refractivity contribution is 8.04. The predicted octanol–water partition coefficient (Wildman–Crippen LogP) is 5.73. The third-order valence-corrected chi connectivity index (χ3v) is 9.24. The van der Waals surface area contributed by atoms with Gasteiger partial charge in [0, 0.05) is 17.9 Å². The van der Waals surface area contributed by atoms with Gasteiger partial charge in [0.2, 0.25) is 0 Å². The maximum atomic E-state index is 13.7. The third-order valence-electron chi connectivity index (χ3n) is 6.21. The van der Waals surface area contributed by atoms with E-state index in [2.05, 4.69) is 32.0 Å². The number of thioether (sulfide) groups is 1. The molecule has 3 aromatic rings. The van der Waals surface area contributed by atoms with E-state index < -0.39 is 16.1 Å². The number of hydrogen-bond donors (Lipinski definition) is 1. The fraction of sp³-hybridized carbons (Fsp3) is 0.259. The molecule has 4 rings (SSSR count). The Kier molecular flexibility index (Phi) is 6.71. The van der Waals surface area contributed by atoms with Gasteiger partial charge in [0.15, 0.2) is 0 Å². The number of hydrogen-bond acceptors (Lipinski definition) is 4. The second-order valence-electron chi connectivity index (χ2n) is 8.60. The number of sulfonamides is 1. The fourth-order valence-corrected chi connectivity index (χ4v) is 7.21. The summed E-state index contributed by atoms with van der Waals surface area (Å²) in [5.74, 6) is 0.690. The van der Waals surface area contributed by atoms with Crippen LogP contribution in [0.3, 0.4) is 0 Å². The van der Waals surface area contributed by atoms with Crippen molar-refractivity contribution in [1.29, 1.82) is 0 Å². The molecule has 2 N–H and O–H groups in total.